The predicted molar refractivity (Wildman–Crippen MR) is 112 cm³/mol. The number of nitrogens with zero attached hydrogens (tertiary/aromatic N) is 2. The lowest BCUT2D eigenvalue weighted by Gasteiger charge is -2.36. The number of nitrogens with one attached hydrogen (secondary N) is 1. The Morgan fingerprint density at radius 1 is 1.04 bits per heavy atom. The lowest BCUT2D eigenvalue weighted by molar-refractivity contribution is -0.117. The van der Waals surface area contributed by atoms with Crippen molar-refractivity contribution in [3.8, 4) is 11.5 Å². The highest BCUT2D eigenvalue weighted by Crippen LogP contribution is 2.28. The summed E-state index contributed by atoms with van der Waals surface area (Å²) in [5.41, 5.74) is 1.89. The summed E-state index contributed by atoms with van der Waals surface area (Å²) in [6, 6.07) is 15.5. The van der Waals surface area contributed by atoms with Gasteiger partial charge in [-0.2, -0.15) is 0 Å². The molecule has 0 aliphatic carbocycles. The Labute approximate surface area is 167 Å². The summed E-state index contributed by atoms with van der Waals surface area (Å²) in [4.78, 5) is 16.9. The average Bonchev–Trinajstić information content (AvgIpc) is 2.69. The molecule has 0 spiro atoms. The van der Waals surface area contributed by atoms with Crippen molar-refractivity contribution in [1.29, 1.82) is 0 Å². The van der Waals surface area contributed by atoms with Crippen LogP contribution in [-0.4, -0.2) is 56.7 Å². The highest BCUT2D eigenvalue weighted by atomic mass is 16.5. The van der Waals surface area contributed by atoms with E-state index in [0.717, 1.165) is 49.1 Å². The van der Waals surface area contributed by atoms with Crippen LogP contribution in [0, 0.1) is 0 Å². The molecule has 2 aromatic rings. The van der Waals surface area contributed by atoms with Gasteiger partial charge in [-0.3, -0.25) is 9.69 Å². The first-order valence-corrected chi connectivity index (χ1v) is 9.72. The van der Waals surface area contributed by atoms with Crippen LogP contribution in [-0.2, 0) is 4.79 Å². The second-order valence-corrected chi connectivity index (χ2v) is 7.17. The molecule has 1 aliphatic rings. The Morgan fingerprint density at radius 2 is 1.71 bits per heavy atom. The van der Waals surface area contributed by atoms with E-state index in [2.05, 4.69) is 21.2 Å². The van der Waals surface area contributed by atoms with Crippen molar-refractivity contribution in [2.75, 3.05) is 50.1 Å². The summed E-state index contributed by atoms with van der Waals surface area (Å²) in [5.74, 6) is 1.70. The summed E-state index contributed by atoms with van der Waals surface area (Å²) in [7, 11) is 1.70. The molecule has 0 saturated carbocycles. The van der Waals surface area contributed by atoms with Gasteiger partial charge in [-0.1, -0.05) is 12.1 Å². The van der Waals surface area contributed by atoms with Gasteiger partial charge in [-0.25, -0.2) is 0 Å². The molecule has 1 saturated heterocycles. The van der Waals surface area contributed by atoms with Crippen molar-refractivity contribution in [3.05, 3.63) is 48.5 Å². The molecule has 1 amide bonds. The number of methoxy groups -OCH3 is 1. The van der Waals surface area contributed by atoms with Crippen LogP contribution in [0.1, 0.15) is 13.8 Å². The molecule has 1 N–H and O–H groups in total. The van der Waals surface area contributed by atoms with E-state index in [4.69, 9.17) is 9.47 Å². The van der Waals surface area contributed by atoms with Crippen LogP contribution in [0.5, 0.6) is 11.5 Å². The quantitative estimate of drug-likeness (QED) is 0.795. The van der Waals surface area contributed by atoms with E-state index in [1.807, 2.05) is 56.3 Å². The lowest BCUT2D eigenvalue weighted by Crippen LogP contribution is -2.48. The molecule has 3 rings (SSSR count). The fourth-order valence-electron chi connectivity index (χ4n) is 3.33. The van der Waals surface area contributed by atoms with Gasteiger partial charge >= 0.3 is 0 Å². The minimum atomic E-state index is 0.00303. The van der Waals surface area contributed by atoms with Gasteiger partial charge in [0.05, 0.1) is 25.4 Å². The van der Waals surface area contributed by atoms with E-state index >= 15 is 0 Å². The number of carbonyl (C=O) groups is 1. The van der Waals surface area contributed by atoms with Gasteiger partial charge in [0.1, 0.15) is 11.5 Å². The van der Waals surface area contributed by atoms with Crippen molar-refractivity contribution < 1.29 is 14.3 Å². The van der Waals surface area contributed by atoms with E-state index in [0.29, 0.717) is 6.54 Å². The first kappa shape index (κ1) is 20.0. The molecule has 6 nitrogen and oxygen atoms in total. The fourth-order valence-corrected chi connectivity index (χ4v) is 3.33. The number of benzene rings is 2. The smallest absolute Gasteiger partial charge is 0.238 e. The molecule has 6 heteroatoms. The minimum Gasteiger partial charge on any atom is -0.495 e. The molecule has 0 atom stereocenters. The first-order chi connectivity index (χ1) is 13.5. The SMILES string of the molecule is COc1ccccc1N1CCN(CC(=O)Nc2ccc(OC(C)C)cc2)CC1. The summed E-state index contributed by atoms with van der Waals surface area (Å²) in [6.07, 6.45) is 0.134. The molecule has 0 bridgehead atoms. The van der Waals surface area contributed by atoms with E-state index in [1.165, 1.54) is 0 Å². The van der Waals surface area contributed by atoms with Gasteiger partial charge in [0.15, 0.2) is 0 Å². The molecule has 1 heterocycles. The van der Waals surface area contributed by atoms with Gasteiger partial charge in [-0.15, -0.1) is 0 Å². The van der Waals surface area contributed by atoms with Crippen molar-refractivity contribution in [2.24, 2.45) is 0 Å². The van der Waals surface area contributed by atoms with Crippen LogP contribution < -0.4 is 19.7 Å². The third-order valence-electron chi connectivity index (χ3n) is 4.68. The molecule has 0 radical (unpaired) electrons. The Morgan fingerprint density at radius 3 is 2.36 bits per heavy atom. The summed E-state index contributed by atoms with van der Waals surface area (Å²) >= 11 is 0. The van der Waals surface area contributed by atoms with E-state index in [1.54, 1.807) is 7.11 Å². The van der Waals surface area contributed by atoms with Crippen LogP contribution in [0.25, 0.3) is 0 Å². The lowest BCUT2D eigenvalue weighted by atomic mass is 10.2. The Hall–Kier alpha value is -2.73. The first-order valence-electron chi connectivity index (χ1n) is 9.72. The van der Waals surface area contributed by atoms with Crippen LogP contribution in [0.15, 0.2) is 48.5 Å². The van der Waals surface area contributed by atoms with E-state index in [9.17, 15) is 4.79 Å². The average molecular weight is 383 g/mol. The highest BCUT2D eigenvalue weighted by molar-refractivity contribution is 5.92. The molecule has 2 aromatic carbocycles. The molecule has 1 fully saturated rings. The van der Waals surface area contributed by atoms with Crippen molar-refractivity contribution in [2.45, 2.75) is 20.0 Å². The maximum atomic E-state index is 12.4. The zero-order chi connectivity index (χ0) is 19.9. The van der Waals surface area contributed by atoms with E-state index < -0.39 is 0 Å². The number of piperazine rings is 1. The summed E-state index contributed by atoms with van der Waals surface area (Å²) in [5, 5.41) is 2.96. The summed E-state index contributed by atoms with van der Waals surface area (Å²) < 4.78 is 11.1. The zero-order valence-electron chi connectivity index (χ0n) is 16.9. The van der Waals surface area contributed by atoms with Gasteiger partial charge in [0.2, 0.25) is 5.91 Å². The molecule has 0 aromatic heterocycles. The number of para-hydroxylation sites is 2. The maximum Gasteiger partial charge on any atom is 0.238 e. The topological polar surface area (TPSA) is 54.0 Å². The molecular weight excluding hydrogens is 354 g/mol. The number of anilines is 2. The minimum absolute atomic E-state index is 0.00303. The Bertz CT molecular complexity index is 769. The fraction of sp³-hybridized carbons (Fsp3) is 0.409. The van der Waals surface area contributed by atoms with Crippen molar-refractivity contribution in [1.82, 2.24) is 4.90 Å². The largest absolute Gasteiger partial charge is 0.495 e. The van der Waals surface area contributed by atoms with Crippen LogP contribution in [0.3, 0.4) is 0 Å². The highest BCUT2D eigenvalue weighted by Gasteiger charge is 2.21. The second kappa shape index (κ2) is 9.46. The number of hydrogen-bond acceptors (Lipinski definition) is 5. The van der Waals surface area contributed by atoms with Gasteiger partial charge in [-0.05, 0) is 50.2 Å². The van der Waals surface area contributed by atoms with Gasteiger partial charge in [0.25, 0.3) is 0 Å². The zero-order valence-corrected chi connectivity index (χ0v) is 16.9. The molecule has 28 heavy (non-hydrogen) atoms. The molecular formula is C22H29N3O3. The predicted octanol–water partition coefficient (Wildman–Crippen LogP) is 3.24. The molecule has 150 valence electrons. The van der Waals surface area contributed by atoms with E-state index in [-0.39, 0.29) is 12.0 Å². The second-order valence-electron chi connectivity index (χ2n) is 7.17. The standard InChI is InChI=1S/C22H29N3O3/c1-17(2)28-19-10-8-18(9-11-19)23-22(26)16-24-12-14-25(15-13-24)20-6-4-5-7-21(20)27-3/h4-11,17H,12-16H2,1-3H3,(H,23,26). The number of ether oxygens (including phenoxy) is 2. The Kier molecular flexibility index (Phi) is 6.76. The van der Waals surface area contributed by atoms with Crippen LogP contribution in [0.4, 0.5) is 11.4 Å². The van der Waals surface area contributed by atoms with Gasteiger partial charge < -0.3 is 19.7 Å². The maximum absolute atomic E-state index is 12.4. The number of carbonyl (C=O) groups excluding carboxylic acids is 1. The number of hydrogen-bond donors (Lipinski definition) is 1. The molecule has 1 aliphatic heterocycles. The summed E-state index contributed by atoms with van der Waals surface area (Å²) in [6.45, 7) is 7.79. The van der Waals surface area contributed by atoms with Gasteiger partial charge in [0, 0.05) is 31.9 Å². The van der Waals surface area contributed by atoms with Crippen LogP contribution in [0.2, 0.25) is 0 Å². The third kappa shape index (κ3) is 5.39. The third-order valence-corrected chi connectivity index (χ3v) is 4.68. The molecule has 0 unspecified atom stereocenters. The number of amides is 1. The van der Waals surface area contributed by atoms with Crippen molar-refractivity contribution in [3.63, 3.8) is 0 Å². The van der Waals surface area contributed by atoms with Crippen molar-refractivity contribution >= 4 is 17.3 Å². The Balaban J connectivity index is 1.47. The monoisotopic (exact) mass is 383 g/mol. The van der Waals surface area contributed by atoms with Crippen LogP contribution >= 0.6 is 0 Å². The number of rotatable bonds is 7. The normalized spacial score (nSPS) is 14.8.